The van der Waals surface area contributed by atoms with Crippen LogP contribution in [0.5, 0.6) is 0 Å². The smallest absolute Gasteiger partial charge is 0.294 e. The van der Waals surface area contributed by atoms with E-state index in [1.54, 1.807) is 6.07 Å². The summed E-state index contributed by atoms with van der Waals surface area (Å²) in [4.78, 5) is 24.7. The van der Waals surface area contributed by atoms with E-state index >= 15 is 0 Å². The van der Waals surface area contributed by atoms with Crippen LogP contribution < -0.4 is 5.56 Å². The number of para-hydroxylation sites is 1. The van der Waals surface area contributed by atoms with Gasteiger partial charge in [-0.05, 0) is 23.8 Å². The fourth-order valence-electron chi connectivity index (χ4n) is 3.95. The molecule has 0 saturated carbocycles. The van der Waals surface area contributed by atoms with E-state index in [0.29, 0.717) is 33.5 Å². The molecule has 3 heterocycles. The summed E-state index contributed by atoms with van der Waals surface area (Å²) in [5.74, 6) is 0.658. The molecule has 30 heavy (non-hydrogen) atoms. The molecule has 0 radical (unpaired) electrons. The van der Waals surface area contributed by atoms with Crippen molar-refractivity contribution in [1.29, 1.82) is 0 Å². The van der Waals surface area contributed by atoms with Crippen molar-refractivity contribution in [2.24, 2.45) is 0 Å². The van der Waals surface area contributed by atoms with Gasteiger partial charge in [0.05, 0.1) is 16.6 Å². The molecule has 6 nitrogen and oxygen atoms in total. The van der Waals surface area contributed by atoms with Crippen LogP contribution in [-0.2, 0) is 13.1 Å². The summed E-state index contributed by atoms with van der Waals surface area (Å²) in [6, 6.07) is 13.3. The molecule has 1 saturated heterocycles. The zero-order chi connectivity index (χ0) is 20.7. The number of aromatic nitrogens is 2. The van der Waals surface area contributed by atoms with Crippen molar-refractivity contribution in [3.63, 3.8) is 0 Å². The van der Waals surface area contributed by atoms with E-state index in [0.717, 1.165) is 43.7 Å². The molecule has 8 heteroatoms. The van der Waals surface area contributed by atoms with Crippen LogP contribution in [0.3, 0.4) is 0 Å². The Bertz CT molecular complexity index is 1280. The maximum Gasteiger partial charge on any atom is 0.294 e. The molecule has 2 aromatic heterocycles. The van der Waals surface area contributed by atoms with Gasteiger partial charge in [0, 0.05) is 38.1 Å². The quantitative estimate of drug-likeness (QED) is 0.510. The SMILES string of the molecule is O=c1[nH]c(CN2CCN(Cc3cccc(Cl)c3Cl)CC2)nc2c1oc1ccccc12. The van der Waals surface area contributed by atoms with Crippen LogP contribution in [0.1, 0.15) is 11.4 Å². The van der Waals surface area contributed by atoms with Gasteiger partial charge in [0.1, 0.15) is 16.9 Å². The molecular formula is C22H20Cl2N4O2. The molecule has 0 unspecified atom stereocenters. The van der Waals surface area contributed by atoms with E-state index in [1.165, 1.54) is 0 Å². The molecule has 0 bridgehead atoms. The zero-order valence-electron chi connectivity index (χ0n) is 16.2. The fourth-order valence-corrected chi connectivity index (χ4v) is 4.33. The van der Waals surface area contributed by atoms with Gasteiger partial charge >= 0.3 is 0 Å². The van der Waals surface area contributed by atoms with E-state index in [2.05, 4.69) is 19.8 Å². The number of halogens is 2. The number of hydrogen-bond donors (Lipinski definition) is 1. The number of furan rings is 1. The first kappa shape index (κ1) is 19.6. The monoisotopic (exact) mass is 442 g/mol. The first-order valence-corrected chi connectivity index (χ1v) is 10.6. The molecule has 154 valence electrons. The Kier molecular flexibility index (Phi) is 5.25. The first-order valence-electron chi connectivity index (χ1n) is 9.86. The zero-order valence-corrected chi connectivity index (χ0v) is 17.7. The fraction of sp³-hybridized carbons (Fsp3) is 0.273. The second kappa shape index (κ2) is 8.04. The third-order valence-corrected chi connectivity index (χ3v) is 6.40. The van der Waals surface area contributed by atoms with Crippen LogP contribution in [0, 0.1) is 0 Å². The van der Waals surface area contributed by atoms with Crippen molar-refractivity contribution >= 4 is 45.3 Å². The van der Waals surface area contributed by atoms with Gasteiger partial charge in [0.25, 0.3) is 5.56 Å². The van der Waals surface area contributed by atoms with Gasteiger partial charge < -0.3 is 9.40 Å². The summed E-state index contributed by atoms with van der Waals surface area (Å²) in [5.41, 5.74) is 2.39. The summed E-state index contributed by atoms with van der Waals surface area (Å²) < 4.78 is 5.67. The topological polar surface area (TPSA) is 65.4 Å². The minimum atomic E-state index is -0.236. The van der Waals surface area contributed by atoms with Gasteiger partial charge in [0.2, 0.25) is 5.58 Å². The van der Waals surface area contributed by atoms with Crippen LogP contribution >= 0.6 is 23.2 Å². The average molecular weight is 443 g/mol. The highest BCUT2D eigenvalue weighted by atomic mass is 35.5. The minimum Gasteiger partial charge on any atom is -0.449 e. The lowest BCUT2D eigenvalue weighted by atomic mass is 10.2. The van der Waals surface area contributed by atoms with Crippen molar-refractivity contribution < 1.29 is 4.42 Å². The Morgan fingerprint density at radius 2 is 1.70 bits per heavy atom. The second-order valence-electron chi connectivity index (χ2n) is 7.55. The molecule has 1 aliphatic heterocycles. The summed E-state index contributed by atoms with van der Waals surface area (Å²) >= 11 is 12.5. The van der Waals surface area contributed by atoms with Gasteiger partial charge in [-0.25, -0.2) is 4.98 Å². The van der Waals surface area contributed by atoms with Gasteiger partial charge in [0.15, 0.2) is 0 Å². The molecule has 0 spiro atoms. The number of piperazine rings is 1. The predicted molar refractivity (Wildman–Crippen MR) is 119 cm³/mol. The van der Waals surface area contributed by atoms with E-state index in [9.17, 15) is 4.79 Å². The second-order valence-corrected chi connectivity index (χ2v) is 8.34. The maximum atomic E-state index is 12.5. The summed E-state index contributed by atoms with van der Waals surface area (Å²) in [6.07, 6.45) is 0. The Balaban J connectivity index is 1.28. The molecule has 0 aliphatic carbocycles. The Morgan fingerprint density at radius 3 is 2.50 bits per heavy atom. The number of benzene rings is 2. The highest BCUT2D eigenvalue weighted by Gasteiger charge is 2.20. The number of nitrogens with one attached hydrogen (secondary N) is 1. The normalized spacial score (nSPS) is 15.9. The molecule has 5 rings (SSSR count). The summed E-state index contributed by atoms with van der Waals surface area (Å²) in [5, 5.41) is 2.08. The standard InChI is InChI=1S/C22H20Cl2N4O2/c23-16-6-3-4-14(19(16)24)12-27-8-10-28(11-9-27)13-18-25-20-15-5-1-2-7-17(15)30-21(20)22(29)26-18/h1-7H,8-13H2,(H,25,26,29). The van der Waals surface area contributed by atoms with Crippen LogP contribution in [0.4, 0.5) is 0 Å². The molecule has 1 fully saturated rings. The van der Waals surface area contributed by atoms with Gasteiger partial charge in [-0.2, -0.15) is 0 Å². The molecule has 4 aromatic rings. The molecule has 0 atom stereocenters. The van der Waals surface area contributed by atoms with Crippen LogP contribution in [0.2, 0.25) is 10.0 Å². The lowest BCUT2D eigenvalue weighted by Gasteiger charge is -2.34. The predicted octanol–water partition coefficient (Wildman–Crippen LogP) is 4.29. The number of fused-ring (bicyclic) bond motifs is 3. The number of hydrogen-bond acceptors (Lipinski definition) is 5. The maximum absolute atomic E-state index is 12.5. The number of H-pyrrole nitrogens is 1. The minimum absolute atomic E-state index is 0.236. The van der Waals surface area contributed by atoms with Crippen LogP contribution in [0.25, 0.3) is 22.1 Å². The van der Waals surface area contributed by atoms with Crippen molar-refractivity contribution in [3.8, 4) is 0 Å². The van der Waals surface area contributed by atoms with E-state index < -0.39 is 0 Å². The van der Waals surface area contributed by atoms with Crippen molar-refractivity contribution in [2.45, 2.75) is 13.1 Å². The third kappa shape index (κ3) is 3.72. The molecular weight excluding hydrogens is 423 g/mol. The molecule has 1 N–H and O–H groups in total. The number of rotatable bonds is 4. The van der Waals surface area contributed by atoms with Crippen molar-refractivity contribution in [2.75, 3.05) is 26.2 Å². The Hall–Kier alpha value is -2.38. The highest BCUT2D eigenvalue weighted by molar-refractivity contribution is 6.42. The third-order valence-electron chi connectivity index (χ3n) is 5.54. The van der Waals surface area contributed by atoms with Gasteiger partial charge in [-0.1, -0.05) is 47.5 Å². The van der Waals surface area contributed by atoms with Crippen molar-refractivity contribution in [1.82, 2.24) is 19.8 Å². The largest absolute Gasteiger partial charge is 0.449 e. The van der Waals surface area contributed by atoms with E-state index in [4.69, 9.17) is 27.6 Å². The van der Waals surface area contributed by atoms with E-state index in [1.807, 2.05) is 36.4 Å². The van der Waals surface area contributed by atoms with Gasteiger partial charge in [-0.3, -0.25) is 14.6 Å². The summed E-state index contributed by atoms with van der Waals surface area (Å²) in [6.45, 7) is 4.94. The number of aromatic amines is 1. The van der Waals surface area contributed by atoms with Crippen LogP contribution in [0.15, 0.2) is 51.7 Å². The first-order chi connectivity index (χ1) is 14.6. The molecule has 0 amide bonds. The van der Waals surface area contributed by atoms with E-state index in [-0.39, 0.29) is 11.1 Å². The highest BCUT2D eigenvalue weighted by Crippen LogP contribution is 2.27. The molecule has 2 aromatic carbocycles. The number of nitrogens with zero attached hydrogens (tertiary/aromatic N) is 3. The molecule has 1 aliphatic rings. The lowest BCUT2D eigenvalue weighted by Crippen LogP contribution is -2.45. The lowest BCUT2D eigenvalue weighted by molar-refractivity contribution is 0.120. The van der Waals surface area contributed by atoms with Crippen molar-refractivity contribution in [3.05, 3.63) is 74.3 Å². The van der Waals surface area contributed by atoms with Gasteiger partial charge in [-0.15, -0.1) is 0 Å². The Labute approximate surface area is 183 Å². The van der Waals surface area contributed by atoms with Crippen LogP contribution in [-0.4, -0.2) is 45.9 Å². The average Bonchev–Trinajstić information content (AvgIpc) is 3.12. The Morgan fingerprint density at radius 1 is 0.967 bits per heavy atom. The summed E-state index contributed by atoms with van der Waals surface area (Å²) in [7, 11) is 0.